The average molecular weight is 388 g/mol. The highest BCUT2D eigenvalue weighted by Crippen LogP contribution is 2.28. The lowest BCUT2D eigenvalue weighted by atomic mass is 10.0. The fourth-order valence-corrected chi connectivity index (χ4v) is 3.47. The van der Waals surface area contributed by atoms with E-state index in [1.165, 1.54) is 12.1 Å². The highest BCUT2D eigenvalue weighted by molar-refractivity contribution is 5.78. The van der Waals surface area contributed by atoms with Gasteiger partial charge in [0.15, 0.2) is 6.61 Å². The summed E-state index contributed by atoms with van der Waals surface area (Å²) in [7, 11) is 0. The first-order valence-electron chi connectivity index (χ1n) is 9.75. The predicted molar refractivity (Wildman–Crippen MR) is 104 cm³/mol. The summed E-state index contributed by atoms with van der Waals surface area (Å²) in [5.41, 5.74) is 1.32. The molecule has 0 bridgehead atoms. The normalized spacial score (nSPS) is 14.9. The van der Waals surface area contributed by atoms with Crippen LogP contribution in [0.15, 0.2) is 42.5 Å². The molecule has 1 aliphatic rings. The van der Waals surface area contributed by atoms with Crippen molar-refractivity contribution < 1.29 is 18.3 Å². The van der Waals surface area contributed by atoms with Crippen molar-refractivity contribution in [2.24, 2.45) is 0 Å². The van der Waals surface area contributed by atoms with Crippen molar-refractivity contribution >= 4 is 5.91 Å². The van der Waals surface area contributed by atoms with Crippen LogP contribution in [0, 0.1) is 11.6 Å². The fraction of sp³-hybridized carbons (Fsp3) is 0.409. The number of amides is 1. The Hall–Kier alpha value is -2.47. The summed E-state index contributed by atoms with van der Waals surface area (Å²) >= 11 is 0. The van der Waals surface area contributed by atoms with Crippen molar-refractivity contribution in [3.8, 4) is 5.75 Å². The van der Waals surface area contributed by atoms with Crippen LogP contribution in [0.1, 0.15) is 43.4 Å². The van der Waals surface area contributed by atoms with Crippen LogP contribution in [-0.4, -0.2) is 30.5 Å². The van der Waals surface area contributed by atoms with Gasteiger partial charge in [-0.1, -0.05) is 31.2 Å². The Labute approximate surface area is 164 Å². The van der Waals surface area contributed by atoms with Gasteiger partial charge < -0.3 is 15.0 Å². The maximum Gasteiger partial charge on any atom is 0.260 e. The minimum absolute atomic E-state index is 0.00157. The summed E-state index contributed by atoms with van der Waals surface area (Å²) in [6.07, 6.45) is 2.84. The molecule has 3 rings (SSSR count). The van der Waals surface area contributed by atoms with Crippen LogP contribution in [0.4, 0.5) is 8.78 Å². The van der Waals surface area contributed by atoms with Gasteiger partial charge in [-0.2, -0.15) is 0 Å². The molecular weight excluding hydrogens is 362 g/mol. The standard InChI is InChI=1S/C22H26F2N2O2/c1-2-20(25-14-16-9-10-17(23)13-19(16)24)18-7-3-4-8-21(18)28-15-22(27)26-11-5-6-12-26/h3-4,7-10,13,20,25H,2,5-6,11-12,14-15H2,1H3. The van der Waals surface area contributed by atoms with Crippen LogP contribution < -0.4 is 10.1 Å². The van der Waals surface area contributed by atoms with E-state index in [-0.39, 0.29) is 25.1 Å². The molecule has 0 aromatic heterocycles. The van der Waals surface area contributed by atoms with E-state index in [4.69, 9.17) is 4.74 Å². The zero-order valence-corrected chi connectivity index (χ0v) is 16.1. The molecule has 4 nitrogen and oxygen atoms in total. The largest absolute Gasteiger partial charge is 0.483 e. The quantitative estimate of drug-likeness (QED) is 0.737. The van der Waals surface area contributed by atoms with Gasteiger partial charge in [-0.05, 0) is 31.4 Å². The molecule has 1 atom stereocenters. The molecule has 1 amide bonds. The van der Waals surface area contributed by atoms with Crippen molar-refractivity contribution in [1.82, 2.24) is 10.2 Å². The number of rotatable bonds is 8. The molecule has 1 N–H and O–H groups in total. The predicted octanol–water partition coefficient (Wildman–Crippen LogP) is 4.21. The monoisotopic (exact) mass is 388 g/mol. The number of benzene rings is 2. The molecule has 150 valence electrons. The fourth-order valence-electron chi connectivity index (χ4n) is 3.47. The number of carbonyl (C=O) groups is 1. The minimum atomic E-state index is -0.588. The molecule has 0 radical (unpaired) electrons. The molecule has 0 aliphatic carbocycles. The van der Waals surface area contributed by atoms with Crippen LogP contribution in [0.3, 0.4) is 0 Å². The average Bonchev–Trinajstić information content (AvgIpc) is 3.23. The topological polar surface area (TPSA) is 41.6 Å². The number of para-hydroxylation sites is 1. The van der Waals surface area contributed by atoms with Gasteiger partial charge in [0.05, 0.1) is 0 Å². The van der Waals surface area contributed by atoms with Crippen molar-refractivity contribution in [1.29, 1.82) is 0 Å². The van der Waals surface area contributed by atoms with Gasteiger partial charge in [-0.25, -0.2) is 8.78 Å². The minimum Gasteiger partial charge on any atom is -0.483 e. The van der Waals surface area contributed by atoms with E-state index in [0.717, 1.165) is 44.0 Å². The summed E-state index contributed by atoms with van der Waals surface area (Å²) in [5, 5.41) is 3.31. The van der Waals surface area contributed by atoms with Crippen molar-refractivity contribution in [3.05, 3.63) is 65.2 Å². The SMILES string of the molecule is CCC(NCc1ccc(F)cc1F)c1ccccc1OCC(=O)N1CCCC1. The van der Waals surface area contributed by atoms with Crippen LogP contribution in [0.25, 0.3) is 0 Å². The lowest BCUT2D eigenvalue weighted by Gasteiger charge is -2.22. The third-order valence-corrected chi connectivity index (χ3v) is 5.07. The van der Waals surface area contributed by atoms with Gasteiger partial charge >= 0.3 is 0 Å². The number of hydrogen-bond acceptors (Lipinski definition) is 3. The zero-order chi connectivity index (χ0) is 19.9. The second kappa shape index (κ2) is 9.64. The molecule has 28 heavy (non-hydrogen) atoms. The molecule has 1 aliphatic heterocycles. The van der Waals surface area contributed by atoms with Crippen LogP contribution in [0.5, 0.6) is 5.75 Å². The first-order valence-corrected chi connectivity index (χ1v) is 9.75. The van der Waals surface area contributed by atoms with Crippen LogP contribution >= 0.6 is 0 Å². The number of hydrogen-bond donors (Lipinski definition) is 1. The second-order valence-corrected chi connectivity index (χ2v) is 6.99. The maximum atomic E-state index is 13.9. The second-order valence-electron chi connectivity index (χ2n) is 6.99. The first-order chi connectivity index (χ1) is 13.6. The molecule has 1 saturated heterocycles. The van der Waals surface area contributed by atoms with Gasteiger partial charge in [0.2, 0.25) is 0 Å². The Morgan fingerprint density at radius 1 is 1.18 bits per heavy atom. The number of carbonyl (C=O) groups excluding carboxylic acids is 1. The Bertz CT molecular complexity index is 807. The molecule has 1 unspecified atom stereocenters. The number of nitrogens with one attached hydrogen (secondary N) is 1. The van der Waals surface area contributed by atoms with Crippen molar-refractivity contribution in [3.63, 3.8) is 0 Å². The number of likely N-dealkylation sites (tertiary alicyclic amines) is 1. The lowest BCUT2D eigenvalue weighted by molar-refractivity contribution is -0.132. The molecule has 0 spiro atoms. The lowest BCUT2D eigenvalue weighted by Crippen LogP contribution is -2.32. The Morgan fingerprint density at radius 3 is 2.64 bits per heavy atom. The molecule has 2 aromatic carbocycles. The van der Waals surface area contributed by atoms with Gasteiger partial charge in [0, 0.05) is 42.9 Å². The smallest absolute Gasteiger partial charge is 0.260 e. The van der Waals surface area contributed by atoms with E-state index < -0.39 is 11.6 Å². The van der Waals surface area contributed by atoms with E-state index in [0.29, 0.717) is 11.3 Å². The summed E-state index contributed by atoms with van der Waals surface area (Å²) in [6, 6.07) is 11.1. The number of halogens is 2. The summed E-state index contributed by atoms with van der Waals surface area (Å²) < 4.78 is 32.8. The van der Waals surface area contributed by atoms with Gasteiger partial charge in [-0.15, -0.1) is 0 Å². The Balaban J connectivity index is 1.65. The summed E-state index contributed by atoms with van der Waals surface area (Å²) in [4.78, 5) is 14.1. The Kier molecular flexibility index (Phi) is 6.98. The molecule has 2 aromatic rings. The van der Waals surface area contributed by atoms with E-state index in [1.54, 1.807) is 0 Å². The first kappa shape index (κ1) is 20.3. The van der Waals surface area contributed by atoms with E-state index in [1.807, 2.05) is 36.1 Å². The highest BCUT2D eigenvalue weighted by Gasteiger charge is 2.20. The highest BCUT2D eigenvalue weighted by atomic mass is 19.1. The Morgan fingerprint density at radius 2 is 1.93 bits per heavy atom. The molecule has 1 heterocycles. The molecular formula is C22H26F2N2O2. The zero-order valence-electron chi connectivity index (χ0n) is 16.1. The van der Waals surface area contributed by atoms with E-state index in [9.17, 15) is 13.6 Å². The number of ether oxygens (including phenoxy) is 1. The maximum absolute atomic E-state index is 13.9. The van der Waals surface area contributed by atoms with Crippen molar-refractivity contribution in [2.45, 2.75) is 38.8 Å². The molecule has 1 fully saturated rings. The third kappa shape index (κ3) is 5.07. The summed E-state index contributed by atoms with van der Waals surface area (Å²) in [6.45, 7) is 3.90. The van der Waals surface area contributed by atoms with E-state index >= 15 is 0 Å². The van der Waals surface area contributed by atoms with Gasteiger partial charge in [0.25, 0.3) is 5.91 Å². The van der Waals surface area contributed by atoms with E-state index in [2.05, 4.69) is 5.32 Å². The van der Waals surface area contributed by atoms with Gasteiger partial charge in [0.1, 0.15) is 17.4 Å². The van der Waals surface area contributed by atoms with Crippen molar-refractivity contribution in [2.75, 3.05) is 19.7 Å². The molecule has 0 saturated carbocycles. The third-order valence-electron chi connectivity index (χ3n) is 5.07. The molecule has 6 heteroatoms. The number of nitrogens with zero attached hydrogens (tertiary/aromatic N) is 1. The van der Waals surface area contributed by atoms with Crippen LogP contribution in [-0.2, 0) is 11.3 Å². The van der Waals surface area contributed by atoms with Crippen LogP contribution in [0.2, 0.25) is 0 Å². The summed E-state index contributed by atoms with van der Waals surface area (Å²) in [5.74, 6) is -0.506. The van der Waals surface area contributed by atoms with Gasteiger partial charge in [-0.3, -0.25) is 4.79 Å².